The topological polar surface area (TPSA) is 89.7 Å². The van der Waals surface area contributed by atoms with Crippen LogP contribution in [0.2, 0.25) is 0 Å². The van der Waals surface area contributed by atoms with Crippen molar-refractivity contribution in [1.29, 1.82) is 0 Å². The molecule has 0 saturated carbocycles. The minimum absolute atomic E-state index is 0.0447. The lowest BCUT2D eigenvalue weighted by Crippen LogP contribution is -2.24. The predicted molar refractivity (Wildman–Crippen MR) is 102 cm³/mol. The van der Waals surface area contributed by atoms with Crippen LogP contribution < -0.4 is 5.48 Å². The van der Waals surface area contributed by atoms with Crippen molar-refractivity contribution in [2.75, 3.05) is 14.2 Å². The van der Waals surface area contributed by atoms with Crippen LogP contribution in [-0.2, 0) is 25.7 Å². The van der Waals surface area contributed by atoms with Gasteiger partial charge in [-0.15, -0.1) is 0 Å². The molecule has 2 aromatic rings. The zero-order valence-corrected chi connectivity index (χ0v) is 17.1. The van der Waals surface area contributed by atoms with Gasteiger partial charge in [0.15, 0.2) is 0 Å². The molecule has 0 aliphatic rings. The van der Waals surface area contributed by atoms with Crippen LogP contribution in [-0.4, -0.2) is 31.1 Å². The van der Waals surface area contributed by atoms with Gasteiger partial charge in [0.25, 0.3) is 5.91 Å². The van der Waals surface area contributed by atoms with E-state index in [0.29, 0.717) is 21.4 Å². The number of amides is 1. The number of methoxy groups -OCH3 is 2. The van der Waals surface area contributed by atoms with Gasteiger partial charge < -0.3 is 14.5 Å². The molecule has 1 aromatic heterocycles. The van der Waals surface area contributed by atoms with Gasteiger partial charge in [-0.1, -0.05) is 24.3 Å². The van der Waals surface area contributed by atoms with Gasteiger partial charge in [-0.2, -0.15) is 0 Å². The molecule has 0 fully saturated rings. The highest BCUT2D eigenvalue weighted by Crippen LogP contribution is 2.23. The zero-order valence-electron chi connectivity index (χ0n) is 14.0. The summed E-state index contributed by atoms with van der Waals surface area (Å²) in [4.78, 5) is 32.2. The molecule has 0 radical (unpaired) electrons. The first kappa shape index (κ1) is 20.2. The van der Waals surface area contributed by atoms with E-state index in [0.717, 1.165) is 4.47 Å². The van der Waals surface area contributed by atoms with E-state index in [4.69, 9.17) is 14.3 Å². The number of rotatable bonds is 7. The molecule has 2 rings (SSSR count). The summed E-state index contributed by atoms with van der Waals surface area (Å²) in [6.07, 6.45) is 1.30. The van der Waals surface area contributed by atoms with Gasteiger partial charge in [0.2, 0.25) is 0 Å². The molecule has 1 amide bonds. The van der Waals surface area contributed by atoms with Gasteiger partial charge >= 0.3 is 5.97 Å². The number of hydrogen-bond acceptors (Lipinski definition) is 5. The standard InChI is InChI=1S/C17H16Br2N2O5/c1-24-9-12(17(23)25-2)11-6-4-3-5-10(11)8-26-21-16(22)14-7-13(18)15(19)20-14/h3-7,9,20H,8H2,1-2H3,(H,21,22)/b12-9+. The lowest BCUT2D eigenvalue weighted by atomic mass is 10.0. The van der Waals surface area contributed by atoms with Gasteiger partial charge in [-0.3, -0.25) is 9.63 Å². The Kier molecular flexibility index (Phi) is 7.43. The molecule has 0 bridgehead atoms. The maximum absolute atomic E-state index is 12.1. The highest BCUT2D eigenvalue weighted by atomic mass is 79.9. The van der Waals surface area contributed by atoms with Crippen molar-refractivity contribution in [3.8, 4) is 0 Å². The highest BCUT2D eigenvalue weighted by Gasteiger charge is 2.17. The fraction of sp³-hybridized carbons (Fsp3) is 0.176. The molecule has 26 heavy (non-hydrogen) atoms. The van der Waals surface area contributed by atoms with E-state index in [1.807, 2.05) is 0 Å². The van der Waals surface area contributed by atoms with Crippen LogP contribution in [0.15, 0.2) is 45.7 Å². The first-order valence-electron chi connectivity index (χ1n) is 7.33. The van der Waals surface area contributed by atoms with Crippen LogP contribution in [0.4, 0.5) is 0 Å². The van der Waals surface area contributed by atoms with Gasteiger partial charge in [-0.25, -0.2) is 10.3 Å². The quantitative estimate of drug-likeness (QED) is 0.270. The highest BCUT2D eigenvalue weighted by molar-refractivity contribution is 9.13. The number of hydroxylamine groups is 1. The molecule has 138 valence electrons. The van der Waals surface area contributed by atoms with Gasteiger partial charge in [0.05, 0.1) is 29.6 Å². The minimum Gasteiger partial charge on any atom is -0.503 e. The van der Waals surface area contributed by atoms with E-state index < -0.39 is 11.9 Å². The Hall–Kier alpha value is -2.10. The van der Waals surface area contributed by atoms with Crippen molar-refractivity contribution >= 4 is 49.3 Å². The molecular weight excluding hydrogens is 472 g/mol. The Bertz CT molecular complexity index is 813. The van der Waals surface area contributed by atoms with Gasteiger partial charge in [-0.05, 0) is 49.1 Å². The number of benzene rings is 1. The van der Waals surface area contributed by atoms with Crippen LogP contribution in [0, 0.1) is 0 Å². The molecule has 1 aromatic carbocycles. The summed E-state index contributed by atoms with van der Waals surface area (Å²) >= 11 is 6.55. The zero-order chi connectivity index (χ0) is 19.1. The molecule has 0 aliphatic carbocycles. The summed E-state index contributed by atoms with van der Waals surface area (Å²) in [7, 11) is 2.73. The summed E-state index contributed by atoms with van der Waals surface area (Å²) < 4.78 is 11.1. The second-order valence-electron chi connectivity index (χ2n) is 4.98. The van der Waals surface area contributed by atoms with E-state index in [9.17, 15) is 9.59 Å². The van der Waals surface area contributed by atoms with Crippen molar-refractivity contribution < 1.29 is 23.9 Å². The molecule has 9 heteroatoms. The summed E-state index contributed by atoms with van der Waals surface area (Å²) in [6.45, 7) is 0.0447. The maximum atomic E-state index is 12.1. The Morgan fingerprint density at radius 2 is 1.96 bits per heavy atom. The fourth-order valence-electron chi connectivity index (χ4n) is 2.12. The molecule has 0 spiro atoms. The van der Waals surface area contributed by atoms with Gasteiger partial charge in [0, 0.05) is 0 Å². The van der Waals surface area contributed by atoms with Crippen LogP contribution in [0.3, 0.4) is 0 Å². The van der Waals surface area contributed by atoms with E-state index in [-0.39, 0.29) is 12.2 Å². The minimum atomic E-state index is -0.538. The smallest absolute Gasteiger partial charge is 0.341 e. The molecule has 0 aliphatic heterocycles. The van der Waals surface area contributed by atoms with Crippen LogP contribution in [0.5, 0.6) is 0 Å². The number of carbonyl (C=O) groups is 2. The number of aromatic amines is 1. The second kappa shape index (κ2) is 9.56. The number of H-pyrrole nitrogens is 1. The monoisotopic (exact) mass is 486 g/mol. The fourth-order valence-corrected chi connectivity index (χ4v) is 2.78. The van der Waals surface area contributed by atoms with Crippen LogP contribution in [0.1, 0.15) is 21.6 Å². The Morgan fingerprint density at radius 1 is 1.23 bits per heavy atom. The maximum Gasteiger partial charge on any atom is 0.341 e. The lowest BCUT2D eigenvalue weighted by molar-refractivity contribution is -0.133. The largest absolute Gasteiger partial charge is 0.503 e. The molecule has 0 atom stereocenters. The molecule has 2 N–H and O–H groups in total. The summed E-state index contributed by atoms with van der Waals surface area (Å²) in [6, 6.07) is 8.70. The molecule has 7 nitrogen and oxygen atoms in total. The predicted octanol–water partition coefficient (Wildman–Crippen LogP) is 3.56. The number of halogens is 2. The molecular formula is C17H16Br2N2O5. The molecule has 1 heterocycles. The van der Waals surface area contributed by atoms with Crippen LogP contribution >= 0.6 is 31.9 Å². The lowest BCUT2D eigenvalue weighted by Gasteiger charge is -2.12. The van der Waals surface area contributed by atoms with Crippen molar-refractivity contribution in [3.05, 3.63) is 62.5 Å². The summed E-state index contributed by atoms with van der Waals surface area (Å²) in [5.74, 6) is -0.973. The number of carbonyl (C=O) groups excluding carboxylic acids is 2. The second-order valence-corrected chi connectivity index (χ2v) is 6.63. The number of aromatic nitrogens is 1. The number of hydrogen-bond donors (Lipinski definition) is 2. The average Bonchev–Trinajstić information content (AvgIpc) is 2.98. The molecule has 0 unspecified atom stereocenters. The van der Waals surface area contributed by atoms with E-state index in [1.54, 1.807) is 30.3 Å². The van der Waals surface area contributed by atoms with Crippen molar-refractivity contribution in [1.82, 2.24) is 10.5 Å². The number of ether oxygens (including phenoxy) is 2. The third kappa shape index (κ3) is 4.96. The van der Waals surface area contributed by atoms with Gasteiger partial charge in [0.1, 0.15) is 17.9 Å². The van der Waals surface area contributed by atoms with E-state index in [1.165, 1.54) is 20.5 Å². The van der Waals surface area contributed by atoms with Crippen molar-refractivity contribution in [2.45, 2.75) is 6.61 Å². The van der Waals surface area contributed by atoms with Crippen LogP contribution in [0.25, 0.3) is 5.57 Å². The van der Waals surface area contributed by atoms with E-state index >= 15 is 0 Å². The normalized spacial score (nSPS) is 11.2. The Labute approximate surface area is 166 Å². The van der Waals surface area contributed by atoms with Crippen molar-refractivity contribution in [2.24, 2.45) is 0 Å². The molecule has 0 saturated heterocycles. The Morgan fingerprint density at radius 3 is 2.58 bits per heavy atom. The number of esters is 1. The SMILES string of the molecule is CO/C=C(/C(=O)OC)c1ccccc1CONC(=O)c1cc(Br)c(Br)[nH]1. The Balaban J connectivity index is 2.09. The number of nitrogens with one attached hydrogen (secondary N) is 2. The average molecular weight is 488 g/mol. The van der Waals surface area contributed by atoms with Crippen molar-refractivity contribution in [3.63, 3.8) is 0 Å². The summed E-state index contributed by atoms with van der Waals surface area (Å²) in [5.41, 5.74) is 4.18. The first-order chi connectivity index (χ1) is 12.5. The third-order valence-electron chi connectivity index (χ3n) is 3.31. The van der Waals surface area contributed by atoms with E-state index in [2.05, 4.69) is 42.3 Å². The first-order valence-corrected chi connectivity index (χ1v) is 8.92. The third-order valence-corrected chi connectivity index (χ3v) is 5.09. The summed E-state index contributed by atoms with van der Waals surface area (Å²) in [5, 5.41) is 0.